The Labute approximate surface area is 113 Å². The van der Waals surface area contributed by atoms with Crippen LogP contribution >= 0.6 is 0 Å². The van der Waals surface area contributed by atoms with Crippen LogP contribution in [0.5, 0.6) is 0 Å². The maximum atomic E-state index is 11.8. The van der Waals surface area contributed by atoms with Gasteiger partial charge in [-0.2, -0.15) is 0 Å². The number of imidazole rings is 1. The number of carboxylic acids is 1. The molecule has 20 heavy (non-hydrogen) atoms. The Bertz CT molecular complexity index is 734. The summed E-state index contributed by atoms with van der Waals surface area (Å²) in [4.78, 5) is 38.0. The van der Waals surface area contributed by atoms with Gasteiger partial charge in [-0.1, -0.05) is 6.07 Å². The third kappa shape index (κ3) is 1.93. The maximum absolute atomic E-state index is 11.8. The lowest BCUT2D eigenvalue weighted by atomic mass is 9.92. The molecule has 7 heteroatoms. The third-order valence-corrected chi connectivity index (χ3v) is 3.39. The van der Waals surface area contributed by atoms with Crippen LogP contribution in [0.2, 0.25) is 0 Å². The van der Waals surface area contributed by atoms with Gasteiger partial charge >= 0.3 is 5.97 Å². The molecule has 2 N–H and O–H groups in total. The highest BCUT2D eigenvalue weighted by Crippen LogP contribution is 2.25. The van der Waals surface area contributed by atoms with Gasteiger partial charge in [-0.25, -0.2) is 9.78 Å². The van der Waals surface area contributed by atoms with Crippen molar-refractivity contribution in [2.24, 2.45) is 0 Å². The summed E-state index contributed by atoms with van der Waals surface area (Å²) in [5.74, 6) is -2.15. The van der Waals surface area contributed by atoms with Crippen molar-refractivity contribution in [3.05, 3.63) is 35.8 Å². The molecule has 3 heterocycles. The lowest BCUT2D eigenvalue weighted by Crippen LogP contribution is -2.39. The molecular weight excluding hydrogens is 262 g/mol. The Kier molecular flexibility index (Phi) is 2.74. The Morgan fingerprint density at radius 2 is 2.20 bits per heavy atom. The zero-order chi connectivity index (χ0) is 14.3. The number of carbonyl (C=O) groups excluding carboxylic acids is 2. The van der Waals surface area contributed by atoms with E-state index in [1.165, 1.54) is 10.6 Å². The predicted octanol–water partition coefficient (Wildman–Crippen LogP) is 0.553. The van der Waals surface area contributed by atoms with E-state index in [1.807, 2.05) is 0 Å². The highest BCUT2D eigenvalue weighted by atomic mass is 16.4. The molecule has 1 atom stereocenters. The van der Waals surface area contributed by atoms with Crippen LogP contribution in [0.15, 0.2) is 24.5 Å². The fourth-order valence-corrected chi connectivity index (χ4v) is 2.37. The molecule has 0 bridgehead atoms. The number of aromatic carboxylic acids is 1. The number of nitrogens with one attached hydrogen (secondary N) is 1. The first-order valence-electron chi connectivity index (χ1n) is 6.10. The first-order chi connectivity index (χ1) is 9.56. The first kappa shape index (κ1) is 12.3. The minimum atomic E-state index is -1.09. The van der Waals surface area contributed by atoms with Crippen molar-refractivity contribution in [2.45, 2.75) is 18.8 Å². The molecule has 0 radical (unpaired) electrons. The van der Waals surface area contributed by atoms with Gasteiger partial charge in [0.25, 0.3) is 0 Å². The SMILES string of the molecule is O=C1CCC(c2ccc3ncc(C(=O)O)n3c2)C(=O)N1. The molecular formula is C13H11N3O4. The predicted molar refractivity (Wildman–Crippen MR) is 67.3 cm³/mol. The summed E-state index contributed by atoms with van der Waals surface area (Å²) in [6.07, 6.45) is 3.56. The lowest BCUT2D eigenvalue weighted by Gasteiger charge is -2.21. The molecule has 0 spiro atoms. The number of carbonyl (C=O) groups is 3. The lowest BCUT2D eigenvalue weighted by molar-refractivity contribution is -0.134. The standard InChI is InChI=1S/C13H11N3O4/c17-11-4-2-8(12(18)15-11)7-1-3-10-14-5-9(13(19)20)16(10)6-7/h1,3,5-6,8H,2,4H2,(H,19,20)(H,15,17,18). The summed E-state index contributed by atoms with van der Waals surface area (Å²) < 4.78 is 1.43. The van der Waals surface area contributed by atoms with Crippen molar-refractivity contribution in [1.29, 1.82) is 0 Å². The fraction of sp³-hybridized carbons (Fsp3) is 0.231. The number of fused-ring (bicyclic) bond motifs is 1. The number of pyridine rings is 1. The van der Waals surface area contributed by atoms with Gasteiger partial charge in [-0.15, -0.1) is 0 Å². The van der Waals surface area contributed by atoms with E-state index < -0.39 is 11.9 Å². The summed E-state index contributed by atoms with van der Waals surface area (Å²) in [6.45, 7) is 0. The van der Waals surface area contributed by atoms with Crippen LogP contribution in [0.3, 0.4) is 0 Å². The zero-order valence-electron chi connectivity index (χ0n) is 10.4. The highest BCUT2D eigenvalue weighted by molar-refractivity contribution is 6.00. The topological polar surface area (TPSA) is 101 Å². The fourth-order valence-electron chi connectivity index (χ4n) is 2.37. The molecule has 3 rings (SSSR count). The molecule has 1 aliphatic heterocycles. The van der Waals surface area contributed by atoms with Crippen LogP contribution in [0.4, 0.5) is 0 Å². The number of imide groups is 1. The minimum Gasteiger partial charge on any atom is -0.477 e. The van der Waals surface area contributed by atoms with E-state index in [4.69, 9.17) is 5.11 Å². The van der Waals surface area contributed by atoms with Crippen molar-refractivity contribution in [2.75, 3.05) is 0 Å². The van der Waals surface area contributed by atoms with Gasteiger partial charge < -0.3 is 5.11 Å². The van der Waals surface area contributed by atoms with Crippen LogP contribution in [-0.2, 0) is 9.59 Å². The quantitative estimate of drug-likeness (QED) is 0.778. The second-order valence-corrected chi connectivity index (χ2v) is 4.64. The van der Waals surface area contributed by atoms with Gasteiger partial charge in [0, 0.05) is 12.6 Å². The van der Waals surface area contributed by atoms with Crippen molar-refractivity contribution in [3.8, 4) is 0 Å². The van der Waals surface area contributed by atoms with Crippen molar-refractivity contribution >= 4 is 23.4 Å². The number of piperidine rings is 1. The molecule has 102 valence electrons. The Hall–Kier alpha value is -2.70. The Morgan fingerprint density at radius 3 is 2.90 bits per heavy atom. The van der Waals surface area contributed by atoms with E-state index in [2.05, 4.69) is 10.3 Å². The number of aromatic nitrogens is 2. The van der Waals surface area contributed by atoms with Gasteiger partial charge in [-0.3, -0.25) is 19.3 Å². The van der Waals surface area contributed by atoms with Crippen LogP contribution in [0.1, 0.15) is 34.8 Å². The number of carboxylic acid groups (broad SMARTS) is 1. The van der Waals surface area contributed by atoms with Crippen molar-refractivity contribution in [1.82, 2.24) is 14.7 Å². The average Bonchev–Trinajstić information content (AvgIpc) is 2.81. The number of hydrogen-bond donors (Lipinski definition) is 2. The number of hydrogen-bond acceptors (Lipinski definition) is 4. The normalized spacial score (nSPS) is 19.1. The summed E-state index contributed by atoms with van der Waals surface area (Å²) in [5.41, 5.74) is 1.20. The van der Waals surface area contributed by atoms with Gasteiger partial charge in [0.1, 0.15) is 5.65 Å². The van der Waals surface area contributed by atoms with E-state index >= 15 is 0 Å². The number of rotatable bonds is 2. The molecule has 0 aliphatic carbocycles. The van der Waals surface area contributed by atoms with Gasteiger partial charge in [0.05, 0.1) is 12.1 Å². The van der Waals surface area contributed by atoms with Crippen LogP contribution in [0.25, 0.3) is 5.65 Å². The van der Waals surface area contributed by atoms with E-state index in [9.17, 15) is 14.4 Å². The van der Waals surface area contributed by atoms with Gasteiger partial charge in [0.2, 0.25) is 11.8 Å². The van der Waals surface area contributed by atoms with Crippen molar-refractivity contribution < 1.29 is 19.5 Å². The molecule has 2 aromatic rings. The monoisotopic (exact) mass is 273 g/mol. The van der Waals surface area contributed by atoms with Crippen LogP contribution in [0, 0.1) is 0 Å². The molecule has 1 saturated heterocycles. The second-order valence-electron chi connectivity index (χ2n) is 4.64. The maximum Gasteiger partial charge on any atom is 0.354 e. The number of nitrogens with zero attached hydrogens (tertiary/aromatic N) is 2. The summed E-state index contributed by atoms with van der Waals surface area (Å²) in [6, 6.07) is 3.39. The summed E-state index contributed by atoms with van der Waals surface area (Å²) >= 11 is 0. The molecule has 1 fully saturated rings. The van der Waals surface area contributed by atoms with E-state index in [1.54, 1.807) is 18.3 Å². The first-order valence-corrected chi connectivity index (χ1v) is 6.10. The molecule has 1 unspecified atom stereocenters. The molecule has 2 aromatic heterocycles. The van der Waals surface area contributed by atoms with Gasteiger partial charge in [-0.05, 0) is 18.1 Å². The van der Waals surface area contributed by atoms with Crippen LogP contribution in [-0.4, -0.2) is 32.3 Å². The largest absolute Gasteiger partial charge is 0.477 e. The number of amides is 2. The average molecular weight is 273 g/mol. The molecule has 0 aromatic carbocycles. The third-order valence-electron chi connectivity index (χ3n) is 3.39. The second kappa shape index (κ2) is 4.44. The molecule has 2 amide bonds. The molecule has 7 nitrogen and oxygen atoms in total. The summed E-state index contributed by atoms with van der Waals surface area (Å²) in [7, 11) is 0. The summed E-state index contributed by atoms with van der Waals surface area (Å²) in [5, 5.41) is 11.4. The Morgan fingerprint density at radius 1 is 1.40 bits per heavy atom. The van der Waals surface area contributed by atoms with Gasteiger partial charge in [0.15, 0.2) is 5.69 Å². The van der Waals surface area contributed by atoms with Crippen molar-refractivity contribution in [3.63, 3.8) is 0 Å². The smallest absolute Gasteiger partial charge is 0.354 e. The van der Waals surface area contributed by atoms with E-state index in [0.717, 1.165) is 0 Å². The minimum absolute atomic E-state index is 0.0362. The van der Waals surface area contributed by atoms with E-state index in [-0.39, 0.29) is 23.9 Å². The van der Waals surface area contributed by atoms with E-state index in [0.29, 0.717) is 17.6 Å². The van der Waals surface area contributed by atoms with Crippen LogP contribution < -0.4 is 5.32 Å². The molecule has 0 saturated carbocycles. The highest BCUT2D eigenvalue weighted by Gasteiger charge is 2.28. The molecule has 1 aliphatic rings. The zero-order valence-corrected chi connectivity index (χ0v) is 10.4. The Balaban J connectivity index is 2.04.